The van der Waals surface area contributed by atoms with Gasteiger partial charge in [-0.3, -0.25) is 4.99 Å². The van der Waals surface area contributed by atoms with Crippen LogP contribution in [-0.4, -0.2) is 6.21 Å². The van der Waals surface area contributed by atoms with Gasteiger partial charge in [-0.1, -0.05) is 106 Å². The van der Waals surface area contributed by atoms with E-state index in [1.807, 2.05) is 0 Å². The summed E-state index contributed by atoms with van der Waals surface area (Å²) < 4.78 is 0. The van der Waals surface area contributed by atoms with Crippen LogP contribution in [0.3, 0.4) is 0 Å². The summed E-state index contributed by atoms with van der Waals surface area (Å²) in [6.07, 6.45) is 2.09. The zero-order chi connectivity index (χ0) is 19.3. The average Bonchev–Trinajstić information content (AvgIpc) is 2.68. The van der Waals surface area contributed by atoms with Gasteiger partial charge in [0, 0.05) is 6.21 Å². The molecule has 0 aliphatic carbocycles. The van der Waals surface area contributed by atoms with Crippen molar-refractivity contribution in [1.29, 1.82) is 0 Å². The fourth-order valence-electron chi connectivity index (χ4n) is 3.04. The lowest BCUT2D eigenvalue weighted by Gasteiger charge is -2.24. The van der Waals surface area contributed by atoms with Crippen LogP contribution in [0.1, 0.15) is 39.3 Å². The molecule has 1 nitrogen and oxygen atoms in total. The topological polar surface area (TPSA) is 12.4 Å². The highest BCUT2D eigenvalue weighted by molar-refractivity contribution is 7.79. The van der Waals surface area contributed by atoms with E-state index in [0.717, 1.165) is 0 Å². The molecular formula is C25H28NP. The fraction of sp³-hybridized carbons (Fsp3) is 0.240. The molecule has 3 aromatic carbocycles. The minimum absolute atomic E-state index is 0.0901. The van der Waals surface area contributed by atoms with E-state index in [1.165, 1.54) is 21.5 Å². The molecule has 0 saturated carbocycles. The van der Waals surface area contributed by atoms with Crippen molar-refractivity contribution in [2.24, 2.45) is 10.4 Å². The maximum Gasteiger partial charge on any atom is 0.0723 e. The van der Waals surface area contributed by atoms with Crippen LogP contribution in [0.4, 0.5) is 0 Å². The van der Waals surface area contributed by atoms with Gasteiger partial charge in [0.25, 0.3) is 0 Å². The van der Waals surface area contributed by atoms with Crippen LogP contribution < -0.4 is 15.9 Å². The molecule has 1 atom stereocenters. The van der Waals surface area contributed by atoms with Gasteiger partial charge >= 0.3 is 0 Å². The van der Waals surface area contributed by atoms with Gasteiger partial charge in [-0.15, -0.1) is 0 Å². The third-order valence-corrected chi connectivity index (χ3v) is 6.86. The molecular weight excluding hydrogens is 345 g/mol. The number of hydrogen-bond acceptors (Lipinski definition) is 1. The Hall–Kier alpha value is -2.24. The summed E-state index contributed by atoms with van der Waals surface area (Å²) in [7, 11) is -0.612. The second-order valence-corrected chi connectivity index (χ2v) is 10.1. The van der Waals surface area contributed by atoms with Gasteiger partial charge in [-0.05, 0) is 41.7 Å². The molecule has 3 rings (SSSR count). The number of rotatable bonds is 5. The van der Waals surface area contributed by atoms with E-state index < -0.39 is 7.92 Å². The first kappa shape index (κ1) is 19.5. The maximum atomic E-state index is 4.88. The largest absolute Gasteiger partial charge is 0.289 e. The van der Waals surface area contributed by atoms with Gasteiger partial charge in [-0.25, -0.2) is 0 Å². The summed E-state index contributed by atoms with van der Waals surface area (Å²) in [5, 5.41) is 4.14. The normalized spacial score (nSPS) is 13.2. The van der Waals surface area contributed by atoms with E-state index in [0.29, 0.717) is 0 Å². The Morgan fingerprint density at radius 3 is 1.74 bits per heavy atom. The van der Waals surface area contributed by atoms with Crippen molar-refractivity contribution in [3.63, 3.8) is 0 Å². The molecule has 0 fully saturated rings. The highest BCUT2D eigenvalue weighted by Crippen LogP contribution is 2.36. The molecule has 0 bridgehead atoms. The lowest BCUT2D eigenvalue weighted by Crippen LogP contribution is -2.24. The molecule has 0 N–H and O–H groups in total. The molecule has 0 saturated heterocycles. The van der Waals surface area contributed by atoms with Crippen molar-refractivity contribution in [1.82, 2.24) is 0 Å². The summed E-state index contributed by atoms with van der Waals surface area (Å²) >= 11 is 0. The third-order valence-electron chi connectivity index (χ3n) is 4.34. The van der Waals surface area contributed by atoms with Crippen LogP contribution in [0.25, 0.3) is 0 Å². The van der Waals surface area contributed by atoms with Crippen molar-refractivity contribution in [3.05, 3.63) is 90.5 Å². The predicted molar refractivity (Wildman–Crippen MR) is 122 cm³/mol. The van der Waals surface area contributed by atoms with Crippen molar-refractivity contribution in [2.75, 3.05) is 0 Å². The Bertz CT molecular complexity index is 839. The summed E-state index contributed by atoms with van der Waals surface area (Å²) in [6.45, 7) is 8.77. The molecule has 0 aliphatic rings. The molecule has 0 unspecified atom stereocenters. The van der Waals surface area contributed by atoms with Crippen molar-refractivity contribution in [2.45, 2.75) is 33.7 Å². The summed E-state index contributed by atoms with van der Waals surface area (Å²) in [5.74, 6) is 0. The van der Waals surface area contributed by atoms with E-state index >= 15 is 0 Å². The molecule has 0 radical (unpaired) electrons. The minimum Gasteiger partial charge on any atom is -0.289 e. The highest BCUT2D eigenvalue weighted by atomic mass is 31.1. The molecule has 3 aromatic rings. The fourth-order valence-corrected chi connectivity index (χ4v) is 5.59. The Balaban J connectivity index is 2.10. The summed E-state index contributed by atoms with van der Waals surface area (Å²) in [4.78, 5) is 4.88. The predicted octanol–water partition coefficient (Wildman–Crippen LogP) is 5.62. The number of nitrogens with zero attached hydrogens (tertiary/aromatic N) is 1. The first-order valence-electron chi connectivity index (χ1n) is 9.49. The Kier molecular flexibility index (Phi) is 6.24. The Labute approximate surface area is 164 Å². The number of hydrogen-bond donors (Lipinski definition) is 0. The van der Waals surface area contributed by atoms with Crippen molar-refractivity contribution >= 4 is 30.0 Å². The van der Waals surface area contributed by atoms with Crippen LogP contribution in [0.5, 0.6) is 0 Å². The van der Waals surface area contributed by atoms with Gasteiger partial charge in [0.2, 0.25) is 0 Å². The Morgan fingerprint density at radius 1 is 0.741 bits per heavy atom. The van der Waals surface area contributed by atoms with Crippen LogP contribution >= 0.6 is 7.92 Å². The van der Waals surface area contributed by atoms with Crippen LogP contribution in [0.15, 0.2) is 89.9 Å². The number of aliphatic imine (C=N–C) groups is 1. The first-order chi connectivity index (χ1) is 13.0. The van der Waals surface area contributed by atoms with E-state index in [9.17, 15) is 0 Å². The zero-order valence-electron chi connectivity index (χ0n) is 16.6. The summed E-state index contributed by atoms with van der Waals surface area (Å²) in [5.41, 5.74) is 1.41. The van der Waals surface area contributed by atoms with Crippen LogP contribution in [0.2, 0.25) is 0 Å². The Morgan fingerprint density at radius 2 is 1.22 bits per heavy atom. The molecule has 138 valence electrons. The van der Waals surface area contributed by atoms with Gasteiger partial charge < -0.3 is 0 Å². The van der Waals surface area contributed by atoms with Crippen molar-refractivity contribution in [3.8, 4) is 0 Å². The van der Waals surface area contributed by atoms with E-state index in [1.54, 1.807) is 0 Å². The van der Waals surface area contributed by atoms with E-state index in [4.69, 9.17) is 4.99 Å². The van der Waals surface area contributed by atoms with Crippen molar-refractivity contribution < 1.29 is 0 Å². The molecule has 0 spiro atoms. The maximum absolute atomic E-state index is 4.88. The molecule has 0 aromatic heterocycles. The first-order valence-corrected chi connectivity index (χ1v) is 10.8. The van der Waals surface area contributed by atoms with Gasteiger partial charge in [0.1, 0.15) is 0 Å². The molecule has 2 heteroatoms. The highest BCUT2D eigenvalue weighted by Gasteiger charge is 2.21. The lowest BCUT2D eigenvalue weighted by atomic mass is 9.99. The van der Waals surface area contributed by atoms with Crippen LogP contribution in [0, 0.1) is 5.41 Å². The molecule has 0 heterocycles. The van der Waals surface area contributed by atoms with E-state index in [2.05, 4.69) is 119 Å². The molecule has 0 amide bonds. The SMILES string of the molecule is C[C@H](N=CC(C)(C)C)c1ccccc1P(c1ccccc1)c1ccccc1. The molecule has 0 aliphatic heterocycles. The lowest BCUT2D eigenvalue weighted by molar-refractivity contribution is 0.599. The monoisotopic (exact) mass is 373 g/mol. The van der Waals surface area contributed by atoms with E-state index in [-0.39, 0.29) is 11.5 Å². The average molecular weight is 373 g/mol. The van der Waals surface area contributed by atoms with Gasteiger partial charge in [0.05, 0.1) is 6.04 Å². The van der Waals surface area contributed by atoms with Gasteiger partial charge in [-0.2, -0.15) is 0 Å². The second kappa shape index (κ2) is 8.63. The standard InChI is InChI=1S/C25H28NP/c1-20(26-19-25(2,3)4)23-17-11-12-18-24(23)27(21-13-7-5-8-14-21)22-15-9-6-10-16-22/h5-20H,1-4H3/t20-/m0/s1. The van der Waals surface area contributed by atoms with Crippen LogP contribution in [-0.2, 0) is 0 Å². The number of benzene rings is 3. The zero-order valence-corrected chi connectivity index (χ0v) is 17.5. The molecule has 27 heavy (non-hydrogen) atoms. The second-order valence-electron chi connectivity index (χ2n) is 7.89. The third kappa shape index (κ3) is 5.15. The smallest absolute Gasteiger partial charge is 0.0723 e. The van der Waals surface area contributed by atoms with Gasteiger partial charge in [0.15, 0.2) is 0 Å². The quantitative estimate of drug-likeness (QED) is 0.406. The minimum atomic E-state index is -0.612. The summed E-state index contributed by atoms with van der Waals surface area (Å²) in [6, 6.07) is 30.7.